The molecule has 1 N–H and O–H groups in total. The van der Waals surface area contributed by atoms with Crippen LogP contribution in [0, 0.1) is 11.6 Å². The van der Waals surface area contributed by atoms with E-state index in [-0.39, 0.29) is 15.9 Å². The summed E-state index contributed by atoms with van der Waals surface area (Å²) in [6.07, 6.45) is 0. The first-order chi connectivity index (χ1) is 8.35. The number of aliphatic hydroxyl groups is 1. The van der Waals surface area contributed by atoms with E-state index in [0.29, 0.717) is 0 Å². The molecule has 0 saturated carbocycles. The molecule has 4 nitrogen and oxygen atoms in total. The second-order valence-corrected chi connectivity index (χ2v) is 4.78. The fourth-order valence-corrected chi connectivity index (χ4v) is 2.57. The number of aryl methyl sites for hydroxylation is 1. The third-order valence-corrected chi connectivity index (χ3v) is 3.26. The van der Waals surface area contributed by atoms with Crippen LogP contribution in [0.3, 0.4) is 0 Å². The molecule has 0 bridgehead atoms. The summed E-state index contributed by atoms with van der Waals surface area (Å²) in [7, 11) is 1.55. The van der Waals surface area contributed by atoms with Crippen molar-refractivity contribution in [3.05, 3.63) is 45.7 Å². The molecule has 0 fully saturated rings. The van der Waals surface area contributed by atoms with Crippen LogP contribution in [0.25, 0.3) is 0 Å². The first kappa shape index (κ1) is 13.1. The monoisotopic (exact) mass is 317 g/mol. The largest absolute Gasteiger partial charge is 0.379 e. The van der Waals surface area contributed by atoms with E-state index in [2.05, 4.69) is 26.2 Å². The van der Waals surface area contributed by atoms with Gasteiger partial charge in [-0.3, -0.25) is 0 Å². The molecule has 0 aliphatic carbocycles. The van der Waals surface area contributed by atoms with Crippen LogP contribution in [0.1, 0.15) is 18.2 Å². The predicted molar refractivity (Wildman–Crippen MR) is 63.7 cm³/mol. The van der Waals surface area contributed by atoms with Crippen molar-refractivity contribution in [1.29, 1.82) is 0 Å². The van der Waals surface area contributed by atoms with Crippen LogP contribution in [-0.4, -0.2) is 20.1 Å². The number of rotatable bonds is 2. The normalized spacial score (nSPS) is 14.6. The summed E-state index contributed by atoms with van der Waals surface area (Å²) < 4.78 is 28.5. The quantitative estimate of drug-likeness (QED) is 0.923. The number of hydrogen-bond donors (Lipinski definition) is 1. The van der Waals surface area contributed by atoms with Gasteiger partial charge in [-0.15, -0.1) is 5.10 Å². The number of benzene rings is 1. The maximum absolute atomic E-state index is 13.8. The Morgan fingerprint density at radius 2 is 2.06 bits per heavy atom. The lowest BCUT2D eigenvalue weighted by Gasteiger charge is -2.24. The number of aromatic nitrogens is 3. The van der Waals surface area contributed by atoms with Crippen LogP contribution in [0.5, 0.6) is 0 Å². The lowest BCUT2D eigenvalue weighted by Crippen LogP contribution is -2.28. The molecule has 1 aromatic carbocycles. The van der Waals surface area contributed by atoms with Gasteiger partial charge in [0, 0.05) is 12.6 Å². The van der Waals surface area contributed by atoms with Crippen molar-refractivity contribution in [3.8, 4) is 0 Å². The lowest BCUT2D eigenvalue weighted by atomic mass is 9.92. The average Bonchev–Trinajstić information content (AvgIpc) is 2.62. The highest BCUT2D eigenvalue weighted by Gasteiger charge is 2.35. The molecule has 0 saturated heterocycles. The van der Waals surface area contributed by atoms with Gasteiger partial charge in [0.15, 0.2) is 16.2 Å². The fraction of sp³-hybridized carbons (Fsp3) is 0.273. The van der Waals surface area contributed by atoms with Crippen LogP contribution in [-0.2, 0) is 12.6 Å². The molecule has 0 spiro atoms. The summed E-state index contributed by atoms with van der Waals surface area (Å²) in [5.41, 5.74) is -1.68. The Morgan fingerprint density at radius 3 is 2.61 bits per heavy atom. The molecule has 96 valence electrons. The molecule has 1 aromatic heterocycles. The van der Waals surface area contributed by atoms with E-state index >= 15 is 0 Å². The van der Waals surface area contributed by atoms with Gasteiger partial charge in [-0.2, -0.15) is 0 Å². The summed E-state index contributed by atoms with van der Waals surface area (Å²) in [5, 5.41) is 17.9. The van der Waals surface area contributed by atoms with E-state index < -0.39 is 17.2 Å². The van der Waals surface area contributed by atoms with Crippen molar-refractivity contribution in [2.75, 3.05) is 0 Å². The van der Waals surface area contributed by atoms with Crippen molar-refractivity contribution in [2.24, 2.45) is 7.05 Å². The summed E-state index contributed by atoms with van der Waals surface area (Å²) in [5.74, 6) is -2.10. The van der Waals surface area contributed by atoms with Crippen molar-refractivity contribution in [1.82, 2.24) is 15.0 Å². The van der Waals surface area contributed by atoms with E-state index in [0.717, 1.165) is 6.07 Å². The molecule has 18 heavy (non-hydrogen) atoms. The van der Waals surface area contributed by atoms with Crippen LogP contribution in [0.4, 0.5) is 8.78 Å². The molecule has 0 aliphatic rings. The minimum atomic E-state index is -1.75. The summed E-state index contributed by atoms with van der Waals surface area (Å²) in [6.45, 7) is 1.36. The van der Waals surface area contributed by atoms with Gasteiger partial charge in [0.2, 0.25) is 0 Å². The number of hydrogen-bond acceptors (Lipinski definition) is 3. The van der Waals surface area contributed by atoms with Crippen molar-refractivity contribution >= 4 is 15.9 Å². The Kier molecular flexibility index (Phi) is 3.20. The minimum Gasteiger partial charge on any atom is -0.379 e. The van der Waals surface area contributed by atoms with Crippen molar-refractivity contribution in [2.45, 2.75) is 12.5 Å². The van der Waals surface area contributed by atoms with Crippen molar-refractivity contribution in [3.63, 3.8) is 0 Å². The Labute approximate surface area is 110 Å². The van der Waals surface area contributed by atoms with E-state index in [1.807, 2.05) is 0 Å². The Hall–Kier alpha value is -1.34. The summed E-state index contributed by atoms with van der Waals surface area (Å²) in [4.78, 5) is 0. The maximum Gasteiger partial charge on any atom is 0.165 e. The highest BCUT2D eigenvalue weighted by Crippen LogP contribution is 2.34. The zero-order valence-electron chi connectivity index (χ0n) is 9.65. The molecule has 0 amide bonds. The van der Waals surface area contributed by atoms with Gasteiger partial charge in [0.05, 0.1) is 0 Å². The van der Waals surface area contributed by atoms with Gasteiger partial charge in [-0.1, -0.05) is 17.3 Å². The Balaban J connectivity index is 2.65. The van der Waals surface area contributed by atoms with Crippen LogP contribution < -0.4 is 0 Å². The molecular formula is C11H10BrF2N3O. The van der Waals surface area contributed by atoms with Gasteiger partial charge >= 0.3 is 0 Å². The van der Waals surface area contributed by atoms with Crippen LogP contribution in [0.15, 0.2) is 22.8 Å². The molecule has 7 heteroatoms. The van der Waals surface area contributed by atoms with Gasteiger partial charge in [0.25, 0.3) is 0 Å². The minimum absolute atomic E-state index is 0.173. The SMILES string of the molecule is Cn1nnc(Br)c1C(C)(O)c1cccc(F)c1F. The molecular weight excluding hydrogens is 308 g/mol. The maximum atomic E-state index is 13.8. The topological polar surface area (TPSA) is 50.9 Å². The standard InChI is InChI=1S/C11H10BrF2N3O/c1-11(18,9-10(12)15-16-17(9)2)6-4-3-5-7(13)8(6)14/h3-5,18H,1-2H3. The fourth-order valence-electron chi connectivity index (χ4n) is 1.86. The highest BCUT2D eigenvalue weighted by molar-refractivity contribution is 9.10. The third kappa shape index (κ3) is 1.93. The van der Waals surface area contributed by atoms with Gasteiger partial charge in [-0.05, 0) is 28.9 Å². The molecule has 2 aromatic rings. The third-order valence-electron chi connectivity index (χ3n) is 2.72. The lowest BCUT2D eigenvalue weighted by molar-refractivity contribution is 0.0871. The first-order valence-electron chi connectivity index (χ1n) is 5.08. The van der Waals surface area contributed by atoms with Crippen molar-refractivity contribution < 1.29 is 13.9 Å². The van der Waals surface area contributed by atoms with Crippen LogP contribution in [0.2, 0.25) is 0 Å². The van der Waals surface area contributed by atoms with Gasteiger partial charge in [-0.25, -0.2) is 13.5 Å². The zero-order chi connectivity index (χ0) is 13.5. The van der Waals surface area contributed by atoms with Gasteiger partial charge < -0.3 is 5.11 Å². The Bertz CT molecular complexity index is 578. The van der Waals surface area contributed by atoms with E-state index in [1.165, 1.54) is 23.7 Å². The van der Waals surface area contributed by atoms with Crippen LogP contribution >= 0.6 is 15.9 Å². The average molecular weight is 318 g/mol. The van der Waals surface area contributed by atoms with Gasteiger partial charge in [0.1, 0.15) is 11.3 Å². The summed E-state index contributed by atoms with van der Waals surface area (Å²) in [6, 6.07) is 3.64. The molecule has 2 rings (SSSR count). The number of nitrogens with zero attached hydrogens (tertiary/aromatic N) is 3. The molecule has 1 unspecified atom stereocenters. The van der Waals surface area contributed by atoms with E-state index in [9.17, 15) is 13.9 Å². The van der Waals surface area contributed by atoms with E-state index in [1.54, 1.807) is 7.05 Å². The molecule has 1 heterocycles. The Morgan fingerprint density at radius 1 is 1.39 bits per heavy atom. The smallest absolute Gasteiger partial charge is 0.165 e. The molecule has 0 aliphatic heterocycles. The molecule has 1 atom stereocenters. The predicted octanol–water partition coefficient (Wildman–Crippen LogP) is 2.11. The molecule has 0 radical (unpaired) electrons. The summed E-state index contributed by atoms with van der Waals surface area (Å²) >= 11 is 3.12. The first-order valence-corrected chi connectivity index (χ1v) is 5.87. The van der Waals surface area contributed by atoms with E-state index in [4.69, 9.17) is 0 Å². The highest BCUT2D eigenvalue weighted by atomic mass is 79.9. The second-order valence-electron chi connectivity index (χ2n) is 4.03. The second kappa shape index (κ2) is 4.40. The number of halogens is 3. The zero-order valence-corrected chi connectivity index (χ0v) is 11.2.